The minimum absolute atomic E-state index is 0.0608. The molecule has 0 saturated heterocycles. The third-order valence-electron chi connectivity index (χ3n) is 4.89. The molecule has 0 aliphatic carbocycles. The number of hydrogen-bond donors (Lipinski definition) is 0. The van der Waals surface area contributed by atoms with Crippen molar-refractivity contribution in [3.63, 3.8) is 0 Å². The minimum atomic E-state index is -4.45. The fraction of sp³-hybridized carbons (Fsp3) is 0.200. The highest BCUT2D eigenvalue weighted by Gasteiger charge is 2.30. The van der Waals surface area contributed by atoms with Crippen molar-refractivity contribution in [2.75, 3.05) is 7.11 Å². The number of halogens is 3. The summed E-state index contributed by atoms with van der Waals surface area (Å²) in [5, 5.41) is 0. The van der Waals surface area contributed by atoms with Crippen molar-refractivity contribution < 1.29 is 22.6 Å². The van der Waals surface area contributed by atoms with E-state index in [1.807, 2.05) is 62.4 Å². The van der Waals surface area contributed by atoms with Gasteiger partial charge < -0.3 is 9.47 Å². The van der Waals surface area contributed by atoms with Gasteiger partial charge in [-0.2, -0.15) is 13.2 Å². The van der Waals surface area contributed by atoms with E-state index in [0.717, 1.165) is 23.3 Å². The number of ether oxygens (including phenoxy) is 2. The van der Waals surface area contributed by atoms with Crippen LogP contribution in [0.25, 0.3) is 29.0 Å². The molecule has 0 aliphatic rings. The Labute approximate surface area is 189 Å². The lowest BCUT2D eigenvalue weighted by Crippen LogP contribution is -2.08. The maximum atomic E-state index is 13.0. The van der Waals surface area contributed by atoms with Crippen LogP contribution in [0.2, 0.25) is 0 Å². The van der Waals surface area contributed by atoms with Gasteiger partial charge in [0, 0.05) is 11.8 Å². The molecule has 0 bridgehead atoms. The van der Waals surface area contributed by atoms with Gasteiger partial charge in [0.05, 0.1) is 29.8 Å². The number of rotatable bonds is 6. The molecule has 33 heavy (non-hydrogen) atoms. The Morgan fingerprint density at radius 1 is 0.970 bits per heavy atom. The number of para-hydroxylation sites is 3. The second-order valence-corrected chi connectivity index (χ2v) is 7.58. The smallest absolute Gasteiger partial charge is 0.417 e. The van der Waals surface area contributed by atoms with E-state index in [0.29, 0.717) is 28.7 Å². The number of imidazole rings is 1. The van der Waals surface area contributed by atoms with Crippen LogP contribution in [0.3, 0.4) is 0 Å². The lowest BCUT2D eigenvalue weighted by Gasteiger charge is -2.15. The van der Waals surface area contributed by atoms with Gasteiger partial charge in [-0.05, 0) is 56.3 Å². The van der Waals surface area contributed by atoms with Gasteiger partial charge in [-0.3, -0.25) is 4.57 Å². The van der Waals surface area contributed by atoms with Crippen molar-refractivity contribution in [2.24, 2.45) is 0 Å². The fourth-order valence-electron chi connectivity index (χ4n) is 3.43. The molecule has 0 aliphatic heterocycles. The highest BCUT2D eigenvalue weighted by Crippen LogP contribution is 2.34. The first-order valence-corrected chi connectivity index (χ1v) is 10.3. The van der Waals surface area contributed by atoms with Crippen LogP contribution in [-0.4, -0.2) is 27.7 Å². The molecule has 0 spiro atoms. The van der Waals surface area contributed by atoms with Gasteiger partial charge in [-0.15, -0.1) is 0 Å². The maximum Gasteiger partial charge on any atom is 0.417 e. The lowest BCUT2D eigenvalue weighted by molar-refractivity contribution is -0.137. The topological polar surface area (TPSA) is 49.2 Å². The average molecular weight is 453 g/mol. The average Bonchev–Trinajstić information content (AvgIpc) is 3.16. The molecule has 2 aromatic heterocycles. The molecule has 0 radical (unpaired) electrons. The number of benzene rings is 2. The van der Waals surface area contributed by atoms with Gasteiger partial charge in [0.2, 0.25) is 0 Å². The van der Waals surface area contributed by atoms with E-state index in [2.05, 4.69) is 9.97 Å². The number of nitrogens with zero attached hydrogens (tertiary/aromatic N) is 3. The Kier molecular flexibility index (Phi) is 6.09. The third kappa shape index (κ3) is 4.69. The second kappa shape index (κ2) is 8.97. The first-order chi connectivity index (χ1) is 15.8. The summed E-state index contributed by atoms with van der Waals surface area (Å²) in [6.07, 6.45) is -0.0726. The van der Waals surface area contributed by atoms with E-state index in [1.165, 1.54) is 6.07 Å². The number of pyridine rings is 1. The molecule has 0 atom stereocenters. The SMILES string of the molecule is COc1cccc(/C=C/c2nc3ccccc3n2-c2ccc(C(F)(F)F)cn2)c1OC(C)C. The Balaban J connectivity index is 1.81. The van der Waals surface area contributed by atoms with E-state index < -0.39 is 11.7 Å². The van der Waals surface area contributed by atoms with E-state index in [9.17, 15) is 13.2 Å². The molecule has 2 aromatic carbocycles. The van der Waals surface area contributed by atoms with Crippen LogP contribution >= 0.6 is 0 Å². The second-order valence-electron chi connectivity index (χ2n) is 7.58. The molecular formula is C25H22F3N3O2. The van der Waals surface area contributed by atoms with Crippen LogP contribution in [0, 0.1) is 0 Å². The minimum Gasteiger partial charge on any atom is -0.493 e. The Bertz CT molecular complexity index is 1290. The monoisotopic (exact) mass is 453 g/mol. The predicted octanol–water partition coefficient (Wildman–Crippen LogP) is 6.41. The van der Waals surface area contributed by atoms with Gasteiger partial charge in [-0.25, -0.2) is 9.97 Å². The Morgan fingerprint density at radius 3 is 2.42 bits per heavy atom. The summed E-state index contributed by atoms with van der Waals surface area (Å²) in [5.74, 6) is 2.05. The number of hydrogen-bond acceptors (Lipinski definition) is 4. The Morgan fingerprint density at radius 2 is 1.76 bits per heavy atom. The van der Waals surface area contributed by atoms with Crippen LogP contribution < -0.4 is 9.47 Å². The van der Waals surface area contributed by atoms with Crippen LogP contribution in [0.5, 0.6) is 11.5 Å². The molecule has 0 amide bonds. The summed E-state index contributed by atoms with van der Waals surface area (Å²) >= 11 is 0. The van der Waals surface area contributed by atoms with E-state index in [4.69, 9.17) is 9.47 Å². The zero-order valence-corrected chi connectivity index (χ0v) is 18.3. The van der Waals surface area contributed by atoms with Gasteiger partial charge in [0.25, 0.3) is 0 Å². The van der Waals surface area contributed by atoms with Crippen molar-refractivity contribution in [2.45, 2.75) is 26.1 Å². The first kappa shape index (κ1) is 22.4. The highest BCUT2D eigenvalue weighted by atomic mass is 19.4. The molecule has 0 unspecified atom stereocenters. The molecule has 5 nitrogen and oxygen atoms in total. The van der Waals surface area contributed by atoms with Gasteiger partial charge in [0.1, 0.15) is 11.6 Å². The van der Waals surface area contributed by atoms with Crippen LogP contribution in [-0.2, 0) is 6.18 Å². The van der Waals surface area contributed by atoms with Crippen molar-refractivity contribution in [1.82, 2.24) is 14.5 Å². The third-order valence-corrected chi connectivity index (χ3v) is 4.89. The summed E-state index contributed by atoms with van der Waals surface area (Å²) < 4.78 is 52.1. The van der Waals surface area contributed by atoms with Gasteiger partial charge in [-0.1, -0.05) is 24.3 Å². The molecule has 2 heterocycles. The lowest BCUT2D eigenvalue weighted by atomic mass is 10.1. The van der Waals surface area contributed by atoms with E-state index in [1.54, 1.807) is 17.8 Å². The maximum absolute atomic E-state index is 13.0. The first-order valence-electron chi connectivity index (χ1n) is 10.3. The van der Waals surface area contributed by atoms with Crippen LogP contribution in [0.1, 0.15) is 30.8 Å². The molecule has 0 fully saturated rings. The number of aromatic nitrogens is 3. The quantitative estimate of drug-likeness (QED) is 0.339. The number of methoxy groups -OCH3 is 1. The number of alkyl halides is 3. The van der Waals surface area contributed by atoms with Crippen LogP contribution in [0.15, 0.2) is 60.8 Å². The Hall–Kier alpha value is -3.81. The number of fused-ring (bicyclic) bond motifs is 1. The van der Waals surface area contributed by atoms with Gasteiger partial charge >= 0.3 is 6.18 Å². The molecule has 0 N–H and O–H groups in total. The largest absolute Gasteiger partial charge is 0.493 e. The molecule has 4 rings (SSSR count). The van der Waals surface area contributed by atoms with Crippen molar-refractivity contribution in [3.05, 3.63) is 77.7 Å². The van der Waals surface area contributed by atoms with E-state index >= 15 is 0 Å². The summed E-state index contributed by atoms with van der Waals surface area (Å²) in [6.45, 7) is 3.85. The molecule has 4 aromatic rings. The zero-order valence-electron chi connectivity index (χ0n) is 18.3. The predicted molar refractivity (Wildman–Crippen MR) is 122 cm³/mol. The molecule has 8 heteroatoms. The van der Waals surface area contributed by atoms with Gasteiger partial charge in [0.15, 0.2) is 11.5 Å². The molecular weight excluding hydrogens is 431 g/mol. The summed E-state index contributed by atoms with van der Waals surface area (Å²) in [6, 6.07) is 15.3. The highest BCUT2D eigenvalue weighted by molar-refractivity contribution is 5.82. The van der Waals surface area contributed by atoms with Crippen molar-refractivity contribution in [3.8, 4) is 17.3 Å². The zero-order chi connectivity index (χ0) is 23.6. The van der Waals surface area contributed by atoms with Crippen LogP contribution in [0.4, 0.5) is 13.2 Å². The van der Waals surface area contributed by atoms with Crippen molar-refractivity contribution in [1.29, 1.82) is 0 Å². The normalized spacial score (nSPS) is 12.1. The van der Waals surface area contributed by atoms with Crippen molar-refractivity contribution >= 4 is 23.2 Å². The summed E-state index contributed by atoms with van der Waals surface area (Å²) in [5.41, 5.74) is 1.40. The molecule has 170 valence electrons. The summed E-state index contributed by atoms with van der Waals surface area (Å²) in [4.78, 5) is 8.71. The fourth-order valence-corrected chi connectivity index (χ4v) is 3.43. The summed E-state index contributed by atoms with van der Waals surface area (Å²) in [7, 11) is 1.58. The van der Waals surface area contributed by atoms with E-state index in [-0.39, 0.29) is 6.10 Å². The standard InChI is InChI=1S/C25H22F3N3O2/c1-16(2)33-24-17(7-6-10-21(24)32-3)11-13-23-30-19-8-4-5-9-20(19)31(23)22-14-12-18(15-29-22)25(26,27)28/h4-16H,1-3H3/b13-11+. The molecule has 0 saturated carbocycles.